The van der Waals surface area contributed by atoms with Crippen molar-refractivity contribution in [2.75, 3.05) is 13.2 Å². The number of carbonyl (C=O) groups is 2. The molecule has 138 valence electrons. The van der Waals surface area contributed by atoms with E-state index in [1.165, 1.54) is 18.2 Å². The fourth-order valence-electron chi connectivity index (χ4n) is 1.36. The van der Waals surface area contributed by atoms with Crippen molar-refractivity contribution in [2.45, 2.75) is 32.6 Å². The molecule has 0 unspecified atom stereocenters. The molecule has 0 aromatic rings. The van der Waals surface area contributed by atoms with Gasteiger partial charge in [0.1, 0.15) is 0 Å². The summed E-state index contributed by atoms with van der Waals surface area (Å²) in [5, 5.41) is 0. The van der Waals surface area contributed by atoms with Gasteiger partial charge in [0.05, 0.1) is 0 Å². The number of hydrogen-bond donors (Lipinski definition) is 0. The summed E-state index contributed by atoms with van der Waals surface area (Å²) in [5.41, 5.74) is -2.34. The van der Waals surface area contributed by atoms with Gasteiger partial charge in [-0.3, -0.25) is 9.59 Å². The van der Waals surface area contributed by atoms with Crippen molar-refractivity contribution in [1.82, 2.24) is 0 Å². The first-order valence-corrected chi connectivity index (χ1v) is 6.57. The van der Waals surface area contributed by atoms with Gasteiger partial charge in [0.15, 0.2) is 18.6 Å². The molecule has 0 rings (SSSR count). The predicted octanol–water partition coefficient (Wildman–Crippen LogP) is 3.73. The third-order valence-electron chi connectivity index (χ3n) is 2.60. The van der Waals surface area contributed by atoms with E-state index in [2.05, 4.69) is 9.47 Å². The summed E-state index contributed by atoms with van der Waals surface area (Å²) in [6.07, 6.45) is -4.51. The minimum Gasteiger partial charge on any atom is -0.455 e. The van der Waals surface area contributed by atoms with Crippen LogP contribution in [0.3, 0.4) is 0 Å². The lowest BCUT2D eigenvalue weighted by molar-refractivity contribution is -0.205. The Hall–Kier alpha value is -2.00. The van der Waals surface area contributed by atoms with Crippen LogP contribution in [0, 0.1) is 5.41 Å². The minimum atomic E-state index is -4.84. The highest BCUT2D eigenvalue weighted by molar-refractivity contribution is 5.99. The van der Waals surface area contributed by atoms with Crippen LogP contribution in [0.25, 0.3) is 0 Å². The Balaban J connectivity index is 5.19. The number of carbonyl (C=O) groups excluding carboxylic acids is 2. The zero-order valence-corrected chi connectivity index (χ0v) is 12.8. The highest BCUT2D eigenvalue weighted by atomic mass is 19.4. The second-order valence-electron chi connectivity index (χ2n) is 4.87. The third kappa shape index (κ3) is 8.59. The number of alkyl halides is 6. The van der Waals surface area contributed by atoms with Crippen LogP contribution in [-0.2, 0) is 19.1 Å². The van der Waals surface area contributed by atoms with Gasteiger partial charge in [0.25, 0.3) is 0 Å². The summed E-state index contributed by atoms with van der Waals surface area (Å²) in [6, 6.07) is 0. The zero-order chi connectivity index (χ0) is 19.0. The third-order valence-corrected chi connectivity index (χ3v) is 2.60. The van der Waals surface area contributed by atoms with Crippen LogP contribution in [0.5, 0.6) is 0 Å². The maximum atomic E-state index is 12.1. The standard InChI is InChI=1S/C14H16F6O4/c1-3-4-5-6-7-12(2,10(21)23-8-13(15,16)17)11(22)24-9-14(18,19)20/h3-6H,7-9H2,1-2H3/b4-3+,6-5+. The molecule has 0 saturated carbocycles. The summed E-state index contributed by atoms with van der Waals surface area (Å²) in [7, 11) is 0. The average Bonchev–Trinajstić information content (AvgIpc) is 2.44. The van der Waals surface area contributed by atoms with Gasteiger partial charge in [-0.05, 0) is 20.3 Å². The minimum absolute atomic E-state index is 0.495. The van der Waals surface area contributed by atoms with Gasteiger partial charge in [-0.25, -0.2) is 0 Å². The van der Waals surface area contributed by atoms with E-state index in [1.807, 2.05) is 0 Å². The first-order chi connectivity index (χ1) is 10.8. The van der Waals surface area contributed by atoms with Crippen LogP contribution in [-0.4, -0.2) is 37.5 Å². The van der Waals surface area contributed by atoms with Crippen molar-refractivity contribution in [3.63, 3.8) is 0 Å². The Morgan fingerprint density at radius 1 is 0.875 bits per heavy atom. The molecule has 0 aromatic carbocycles. The lowest BCUT2D eigenvalue weighted by Gasteiger charge is -2.24. The largest absolute Gasteiger partial charge is 0.455 e. The Bertz CT molecular complexity index is 460. The van der Waals surface area contributed by atoms with E-state index < -0.39 is 49.3 Å². The van der Waals surface area contributed by atoms with E-state index in [9.17, 15) is 35.9 Å². The van der Waals surface area contributed by atoms with E-state index in [4.69, 9.17) is 0 Å². The molecular weight excluding hydrogens is 346 g/mol. The molecule has 0 aliphatic rings. The number of rotatable bonds is 7. The lowest BCUT2D eigenvalue weighted by Crippen LogP contribution is -2.41. The average molecular weight is 362 g/mol. The number of hydrogen-bond acceptors (Lipinski definition) is 4. The molecule has 0 N–H and O–H groups in total. The van der Waals surface area contributed by atoms with Crippen molar-refractivity contribution in [3.8, 4) is 0 Å². The second kappa shape index (κ2) is 8.74. The number of esters is 2. The normalized spacial score (nSPS) is 13.5. The van der Waals surface area contributed by atoms with Gasteiger partial charge >= 0.3 is 24.3 Å². The van der Waals surface area contributed by atoms with Crippen molar-refractivity contribution >= 4 is 11.9 Å². The van der Waals surface area contributed by atoms with Gasteiger partial charge in [0, 0.05) is 0 Å². The summed E-state index contributed by atoms with van der Waals surface area (Å²) in [6.45, 7) is -1.43. The SMILES string of the molecule is C/C=C/C=C/CC(C)(C(=O)OCC(F)(F)F)C(=O)OCC(F)(F)F. The molecular formula is C14H16F6O4. The Morgan fingerprint density at radius 2 is 1.29 bits per heavy atom. The fraction of sp³-hybridized carbons (Fsp3) is 0.571. The fourth-order valence-corrected chi connectivity index (χ4v) is 1.36. The smallest absolute Gasteiger partial charge is 0.422 e. The van der Waals surface area contributed by atoms with Gasteiger partial charge in [0.2, 0.25) is 0 Å². The number of ether oxygens (including phenoxy) is 2. The topological polar surface area (TPSA) is 52.6 Å². The Labute approximate surface area is 134 Å². The molecule has 0 aromatic heterocycles. The maximum Gasteiger partial charge on any atom is 0.422 e. The van der Waals surface area contributed by atoms with E-state index in [0.29, 0.717) is 0 Å². The highest BCUT2D eigenvalue weighted by Crippen LogP contribution is 2.29. The number of halogens is 6. The van der Waals surface area contributed by atoms with Crippen LogP contribution in [0.1, 0.15) is 20.3 Å². The molecule has 4 nitrogen and oxygen atoms in total. The lowest BCUT2D eigenvalue weighted by atomic mass is 9.86. The molecule has 0 bridgehead atoms. The molecule has 10 heteroatoms. The molecule has 0 atom stereocenters. The summed E-state index contributed by atoms with van der Waals surface area (Å²) < 4.78 is 80.5. The summed E-state index contributed by atoms with van der Waals surface area (Å²) >= 11 is 0. The van der Waals surface area contributed by atoms with Gasteiger partial charge in [-0.15, -0.1) is 0 Å². The molecule has 0 aliphatic carbocycles. The Kier molecular flexibility index (Phi) is 8.01. The quantitative estimate of drug-likeness (QED) is 0.300. The molecule has 0 fully saturated rings. The molecule has 0 radical (unpaired) electrons. The van der Waals surface area contributed by atoms with Crippen molar-refractivity contribution < 1.29 is 45.4 Å². The van der Waals surface area contributed by atoms with E-state index in [1.54, 1.807) is 13.0 Å². The van der Waals surface area contributed by atoms with Crippen LogP contribution in [0.15, 0.2) is 24.3 Å². The molecule has 0 heterocycles. The molecule has 0 amide bonds. The monoisotopic (exact) mass is 362 g/mol. The van der Waals surface area contributed by atoms with Crippen molar-refractivity contribution in [2.24, 2.45) is 5.41 Å². The van der Waals surface area contributed by atoms with Crippen LogP contribution < -0.4 is 0 Å². The summed E-state index contributed by atoms with van der Waals surface area (Å²) in [4.78, 5) is 23.6. The molecule has 24 heavy (non-hydrogen) atoms. The Morgan fingerprint density at radius 3 is 1.62 bits per heavy atom. The van der Waals surface area contributed by atoms with Crippen molar-refractivity contribution in [1.29, 1.82) is 0 Å². The molecule has 0 aliphatic heterocycles. The van der Waals surface area contributed by atoms with E-state index in [-0.39, 0.29) is 0 Å². The van der Waals surface area contributed by atoms with Crippen LogP contribution in [0.2, 0.25) is 0 Å². The predicted molar refractivity (Wildman–Crippen MR) is 70.7 cm³/mol. The summed E-state index contributed by atoms with van der Waals surface area (Å²) in [5.74, 6) is -3.26. The van der Waals surface area contributed by atoms with Crippen LogP contribution >= 0.6 is 0 Å². The van der Waals surface area contributed by atoms with E-state index in [0.717, 1.165) is 6.92 Å². The van der Waals surface area contributed by atoms with Gasteiger partial charge < -0.3 is 9.47 Å². The van der Waals surface area contributed by atoms with Gasteiger partial charge in [-0.2, -0.15) is 26.3 Å². The maximum absolute atomic E-state index is 12.1. The van der Waals surface area contributed by atoms with Gasteiger partial charge in [-0.1, -0.05) is 24.3 Å². The highest BCUT2D eigenvalue weighted by Gasteiger charge is 2.46. The van der Waals surface area contributed by atoms with Crippen LogP contribution in [0.4, 0.5) is 26.3 Å². The van der Waals surface area contributed by atoms with E-state index >= 15 is 0 Å². The molecule has 0 saturated heterocycles. The first-order valence-electron chi connectivity index (χ1n) is 6.57. The number of allylic oxidation sites excluding steroid dienone is 4. The molecule has 0 spiro atoms. The zero-order valence-electron chi connectivity index (χ0n) is 12.8. The van der Waals surface area contributed by atoms with Crippen molar-refractivity contribution in [3.05, 3.63) is 24.3 Å². The first kappa shape index (κ1) is 22.0. The second-order valence-corrected chi connectivity index (χ2v) is 4.87.